The highest BCUT2D eigenvalue weighted by molar-refractivity contribution is 6.01. The molecule has 2 fully saturated rings. The smallest absolute Gasteiger partial charge is 0.254 e. The number of fused-ring (bicyclic) bond motifs is 2. The van der Waals surface area contributed by atoms with Crippen molar-refractivity contribution in [2.45, 2.75) is 66.0 Å². The molecular formula is C35H45N5O2. The van der Waals surface area contributed by atoms with Gasteiger partial charge in [0.05, 0.1) is 18.3 Å². The molecule has 4 aromatic rings. The van der Waals surface area contributed by atoms with Crippen molar-refractivity contribution >= 4 is 33.9 Å². The average molecular weight is 568 g/mol. The number of nitrogens with zero attached hydrogens (tertiary/aromatic N) is 4. The van der Waals surface area contributed by atoms with Gasteiger partial charge >= 0.3 is 0 Å². The molecule has 1 aliphatic carbocycles. The van der Waals surface area contributed by atoms with E-state index >= 15 is 0 Å². The molecule has 0 bridgehead atoms. The van der Waals surface area contributed by atoms with Crippen LogP contribution in [-0.2, 0) is 13.6 Å². The molecule has 2 aromatic carbocycles. The van der Waals surface area contributed by atoms with E-state index in [0.717, 1.165) is 41.9 Å². The zero-order valence-electron chi connectivity index (χ0n) is 26.0. The van der Waals surface area contributed by atoms with Gasteiger partial charge in [-0.3, -0.25) is 4.79 Å². The summed E-state index contributed by atoms with van der Waals surface area (Å²) in [7, 11) is 3.71. The number of methoxy groups -OCH3 is 1. The van der Waals surface area contributed by atoms with Crippen LogP contribution >= 0.6 is 0 Å². The summed E-state index contributed by atoms with van der Waals surface area (Å²) in [5.41, 5.74) is 11.9. The van der Waals surface area contributed by atoms with Crippen LogP contribution in [0.5, 0.6) is 5.75 Å². The van der Waals surface area contributed by atoms with Gasteiger partial charge in [0, 0.05) is 54.6 Å². The molecule has 1 saturated heterocycles. The van der Waals surface area contributed by atoms with E-state index in [1.807, 2.05) is 24.1 Å². The molecule has 1 aliphatic heterocycles. The first-order valence-corrected chi connectivity index (χ1v) is 15.5. The number of allylic oxidation sites excluding steroid dienone is 1. The van der Waals surface area contributed by atoms with Crippen molar-refractivity contribution in [2.75, 3.05) is 20.2 Å². The summed E-state index contributed by atoms with van der Waals surface area (Å²) < 4.78 is 10.4. The molecule has 3 heterocycles. The number of ether oxygens (including phenoxy) is 1. The van der Waals surface area contributed by atoms with E-state index in [0.29, 0.717) is 36.2 Å². The van der Waals surface area contributed by atoms with Gasteiger partial charge < -0.3 is 24.5 Å². The summed E-state index contributed by atoms with van der Waals surface area (Å²) in [5.74, 6) is 2.90. The van der Waals surface area contributed by atoms with Crippen LogP contribution in [0.3, 0.4) is 0 Å². The molecule has 2 atom stereocenters. The lowest BCUT2D eigenvalue weighted by molar-refractivity contribution is -0.0403. The molecule has 7 heteroatoms. The molecule has 1 amide bonds. The Kier molecular flexibility index (Phi) is 7.42. The van der Waals surface area contributed by atoms with E-state index in [4.69, 9.17) is 15.5 Å². The number of imidazole rings is 1. The van der Waals surface area contributed by atoms with Gasteiger partial charge in [0.25, 0.3) is 5.91 Å². The van der Waals surface area contributed by atoms with E-state index in [1.54, 1.807) is 7.11 Å². The third-order valence-corrected chi connectivity index (χ3v) is 9.82. The monoisotopic (exact) mass is 567 g/mol. The zero-order chi connectivity index (χ0) is 29.8. The molecule has 1 unspecified atom stereocenters. The fourth-order valence-corrected chi connectivity index (χ4v) is 6.64. The Labute approximate surface area is 249 Å². The topological polar surface area (TPSA) is 78.3 Å². The van der Waals surface area contributed by atoms with Crippen LogP contribution in [0.15, 0.2) is 42.5 Å². The summed E-state index contributed by atoms with van der Waals surface area (Å²) in [6, 6.07) is 12.9. The van der Waals surface area contributed by atoms with Crippen LogP contribution in [0, 0.1) is 17.3 Å². The SMILES string of the molecule is CC[C@@]1(CN)CN(C(=O)c2cc(OC)c3c(c2)nc(-c2cc4ccc(/C=C/CC(C)C)cc4n2CC2CC2)n3C)C1C. The lowest BCUT2D eigenvalue weighted by Gasteiger charge is -2.56. The molecule has 42 heavy (non-hydrogen) atoms. The number of amides is 1. The van der Waals surface area contributed by atoms with Crippen molar-refractivity contribution in [2.24, 2.45) is 30.0 Å². The molecule has 1 saturated carbocycles. The minimum Gasteiger partial charge on any atom is -0.494 e. The summed E-state index contributed by atoms with van der Waals surface area (Å²) >= 11 is 0. The van der Waals surface area contributed by atoms with Gasteiger partial charge in [-0.25, -0.2) is 4.98 Å². The fraction of sp³-hybridized carbons (Fsp3) is 0.486. The lowest BCUT2D eigenvalue weighted by atomic mass is 9.70. The number of nitrogens with two attached hydrogens (primary N) is 1. The van der Waals surface area contributed by atoms with Crippen molar-refractivity contribution in [3.8, 4) is 17.3 Å². The number of benzene rings is 2. The van der Waals surface area contributed by atoms with Gasteiger partial charge in [-0.1, -0.05) is 45.1 Å². The lowest BCUT2D eigenvalue weighted by Crippen LogP contribution is -2.67. The van der Waals surface area contributed by atoms with E-state index < -0.39 is 0 Å². The van der Waals surface area contributed by atoms with Crippen molar-refractivity contribution in [1.82, 2.24) is 19.0 Å². The minimum absolute atomic E-state index is 0.00106. The van der Waals surface area contributed by atoms with Crippen LogP contribution in [0.4, 0.5) is 0 Å². The van der Waals surface area contributed by atoms with Gasteiger partial charge in [0.1, 0.15) is 11.3 Å². The molecule has 0 radical (unpaired) electrons. The molecular weight excluding hydrogens is 522 g/mol. The third kappa shape index (κ3) is 4.81. The Hall–Kier alpha value is -3.58. The quantitative estimate of drug-likeness (QED) is 0.227. The average Bonchev–Trinajstić information content (AvgIpc) is 3.65. The van der Waals surface area contributed by atoms with Crippen LogP contribution < -0.4 is 10.5 Å². The largest absolute Gasteiger partial charge is 0.494 e. The summed E-state index contributed by atoms with van der Waals surface area (Å²) in [6.45, 7) is 11.0. The predicted molar refractivity (Wildman–Crippen MR) is 172 cm³/mol. The van der Waals surface area contributed by atoms with E-state index in [1.165, 1.54) is 29.3 Å². The van der Waals surface area contributed by atoms with Gasteiger partial charge in [-0.15, -0.1) is 0 Å². The number of carbonyl (C=O) groups excluding carboxylic acids is 1. The number of carbonyl (C=O) groups is 1. The second-order valence-electron chi connectivity index (χ2n) is 13.0. The van der Waals surface area contributed by atoms with Crippen LogP contribution in [0.25, 0.3) is 39.5 Å². The van der Waals surface area contributed by atoms with Crippen molar-refractivity contribution < 1.29 is 9.53 Å². The van der Waals surface area contributed by atoms with Gasteiger partial charge in [-0.2, -0.15) is 0 Å². The van der Waals surface area contributed by atoms with Gasteiger partial charge in [0.15, 0.2) is 5.82 Å². The minimum atomic E-state index is 0.00106. The van der Waals surface area contributed by atoms with Crippen LogP contribution in [-0.4, -0.2) is 51.2 Å². The van der Waals surface area contributed by atoms with Crippen molar-refractivity contribution in [3.05, 3.63) is 53.6 Å². The van der Waals surface area contributed by atoms with Gasteiger partial charge in [-0.05, 0) is 74.3 Å². The summed E-state index contributed by atoms with van der Waals surface area (Å²) in [4.78, 5) is 20.7. The number of aromatic nitrogens is 3. The third-order valence-electron chi connectivity index (χ3n) is 9.82. The highest BCUT2D eigenvalue weighted by Crippen LogP contribution is 2.42. The highest BCUT2D eigenvalue weighted by atomic mass is 16.5. The molecule has 222 valence electrons. The maximum absolute atomic E-state index is 13.7. The standard InChI is InChI=1S/C35H45N5O2/c1-7-35(20-36)21-40(23(35)4)34(41)27-16-28-32(31(18-27)42-6)38(5)33(37-28)30-17-26-14-13-24(10-8-9-22(2)3)15-29(26)39(30)19-25-11-12-25/h8,10,13-18,22-23,25H,7,9,11-12,19-21,36H2,1-6H3/b10-8+/t23?,35-/m1/s1. The normalized spacial score (nSPS) is 20.8. The van der Waals surface area contributed by atoms with Crippen molar-refractivity contribution in [3.63, 3.8) is 0 Å². The van der Waals surface area contributed by atoms with Crippen LogP contribution in [0.1, 0.15) is 69.3 Å². The predicted octanol–water partition coefficient (Wildman–Crippen LogP) is 6.87. The van der Waals surface area contributed by atoms with Gasteiger partial charge in [0.2, 0.25) is 0 Å². The summed E-state index contributed by atoms with van der Waals surface area (Å²) in [6.07, 6.45) is 9.09. The van der Waals surface area contributed by atoms with Crippen LogP contribution in [0.2, 0.25) is 0 Å². The molecule has 7 nitrogen and oxygen atoms in total. The number of aryl methyl sites for hydroxylation is 1. The maximum atomic E-state index is 13.7. The Morgan fingerprint density at radius 2 is 2.00 bits per heavy atom. The Morgan fingerprint density at radius 1 is 1.21 bits per heavy atom. The van der Waals surface area contributed by atoms with E-state index in [-0.39, 0.29) is 17.4 Å². The molecule has 2 aliphatic rings. The maximum Gasteiger partial charge on any atom is 0.254 e. The fourth-order valence-electron chi connectivity index (χ4n) is 6.64. The molecule has 2 aromatic heterocycles. The number of hydrogen-bond donors (Lipinski definition) is 1. The molecule has 0 spiro atoms. The summed E-state index contributed by atoms with van der Waals surface area (Å²) in [5, 5.41) is 1.22. The first-order valence-electron chi connectivity index (χ1n) is 15.5. The van der Waals surface area contributed by atoms with E-state index in [9.17, 15) is 4.79 Å². The second kappa shape index (κ2) is 10.9. The Bertz CT molecular complexity index is 1670. The number of rotatable bonds is 10. The van der Waals surface area contributed by atoms with Crippen molar-refractivity contribution in [1.29, 1.82) is 0 Å². The Balaban J connectivity index is 1.41. The number of hydrogen-bond acceptors (Lipinski definition) is 4. The zero-order valence-corrected chi connectivity index (χ0v) is 26.0. The molecule has 2 N–H and O–H groups in total. The molecule has 6 rings (SSSR count). The number of likely N-dealkylation sites (tertiary alicyclic amines) is 1. The van der Waals surface area contributed by atoms with E-state index in [2.05, 4.69) is 73.2 Å². The first kappa shape index (κ1) is 28.5. The first-order chi connectivity index (χ1) is 20.2. The highest BCUT2D eigenvalue weighted by Gasteiger charge is 2.50. The Morgan fingerprint density at radius 3 is 2.64 bits per heavy atom. The second-order valence-corrected chi connectivity index (χ2v) is 13.0.